The molecule has 18 heavy (non-hydrogen) atoms. The van der Waals surface area contributed by atoms with Crippen molar-refractivity contribution >= 4 is 11.8 Å². The number of fused-ring (bicyclic) bond motifs is 1. The van der Waals surface area contributed by atoms with Crippen LogP contribution in [-0.2, 0) is 6.42 Å². The zero-order valence-corrected chi connectivity index (χ0v) is 12.0. The average molecular weight is 263 g/mol. The molecule has 1 aromatic heterocycles. The van der Waals surface area contributed by atoms with Gasteiger partial charge in [0.2, 0.25) is 0 Å². The van der Waals surface area contributed by atoms with Gasteiger partial charge in [-0.25, -0.2) is 0 Å². The standard InChI is InChI=1S/C15H21NOS/c1-14(2)8-15(17,10-18-9-14)12-6-5-11-4-3-7-16-13(11)12/h3-4,7,12,17H,5-6,8-10H2,1-2H3. The summed E-state index contributed by atoms with van der Waals surface area (Å²) >= 11 is 1.89. The van der Waals surface area contributed by atoms with Crippen LogP contribution in [0.1, 0.15) is 43.9 Å². The van der Waals surface area contributed by atoms with Crippen LogP contribution in [0.15, 0.2) is 18.3 Å². The molecular weight excluding hydrogens is 242 g/mol. The van der Waals surface area contributed by atoms with Gasteiger partial charge in [-0.2, -0.15) is 11.8 Å². The number of hydrogen-bond donors (Lipinski definition) is 1. The molecule has 1 aliphatic heterocycles. The van der Waals surface area contributed by atoms with E-state index < -0.39 is 5.60 Å². The molecule has 2 unspecified atom stereocenters. The second-order valence-electron chi connectivity index (χ2n) is 6.58. The Morgan fingerprint density at radius 2 is 2.22 bits per heavy atom. The maximum atomic E-state index is 11.1. The number of aliphatic hydroxyl groups is 1. The van der Waals surface area contributed by atoms with Crippen LogP contribution in [0.2, 0.25) is 0 Å². The minimum absolute atomic E-state index is 0.231. The van der Waals surface area contributed by atoms with E-state index in [0.717, 1.165) is 36.5 Å². The quantitative estimate of drug-likeness (QED) is 0.845. The Kier molecular flexibility index (Phi) is 2.94. The third kappa shape index (κ3) is 2.08. The second kappa shape index (κ2) is 4.24. The summed E-state index contributed by atoms with van der Waals surface area (Å²) < 4.78 is 0. The van der Waals surface area contributed by atoms with Gasteiger partial charge in [-0.15, -0.1) is 0 Å². The first-order valence-corrected chi connectivity index (χ1v) is 7.90. The smallest absolute Gasteiger partial charge is 0.0826 e. The third-order valence-corrected chi connectivity index (χ3v) is 5.93. The van der Waals surface area contributed by atoms with Crippen LogP contribution < -0.4 is 0 Å². The van der Waals surface area contributed by atoms with E-state index in [9.17, 15) is 5.11 Å². The van der Waals surface area contributed by atoms with E-state index in [2.05, 4.69) is 24.9 Å². The first-order valence-electron chi connectivity index (χ1n) is 6.74. The van der Waals surface area contributed by atoms with Crippen molar-refractivity contribution in [2.75, 3.05) is 11.5 Å². The summed E-state index contributed by atoms with van der Waals surface area (Å²) in [4.78, 5) is 4.54. The summed E-state index contributed by atoms with van der Waals surface area (Å²) in [6.45, 7) is 4.52. The van der Waals surface area contributed by atoms with Crippen LogP contribution in [0.5, 0.6) is 0 Å². The monoisotopic (exact) mass is 263 g/mol. The van der Waals surface area contributed by atoms with Crippen LogP contribution in [0.4, 0.5) is 0 Å². The van der Waals surface area contributed by atoms with Crippen LogP contribution in [0.3, 0.4) is 0 Å². The van der Waals surface area contributed by atoms with E-state index in [-0.39, 0.29) is 11.3 Å². The highest BCUT2D eigenvalue weighted by molar-refractivity contribution is 7.99. The molecule has 1 fully saturated rings. The van der Waals surface area contributed by atoms with Crippen molar-refractivity contribution in [1.29, 1.82) is 0 Å². The zero-order chi connectivity index (χ0) is 12.8. The lowest BCUT2D eigenvalue weighted by Gasteiger charge is -2.44. The van der Waals surface area contributed by atoms with E-state index in [1.165, 1.54) is 5.56 Å². The summed E-state index contributed by atoms with van der Waals surface area (Å²) in [6, 6.07) is 4.16. The van der Waals surface area contributed by atoms with E-state index in [0.29, 0.717) is 0 Å². The molecule has 0 bridgehead atoms. The number of thioether (sulfide) groups is 1. The number of rotatable bonds is 1. The van der Waals surface area contributed by atoms with Gasteiger partial charge in [0, 0.05) is 23.6 Å². The van der Waals surface area contributed by atoms with Crippen LogP contribution in [-0.4, -0.2) is 27.2 Å². The van der Waals surface area contributed by atoms with E-state index in [4.69, 9.17) is 0 Å². The van der Waals surface area contributed by atoms with E-state index >= 15 is 0 Å². The molecule has 3 heteroatoms. The Hall–Kier alpha value is -0.540. The Bertz CT molecular complexity index is 460. The van der Waals surface area contributed by atoms with Crippen LogP contribution >= 0.6 is 11.8 Å². The fourth-order valence-corrected chi connectivity index (χ4v) is 5.01. The highest BCUT2D eigenvalue weighted by atomic mass is 32.2. The maximum Gasteiger partial charge on any atom is 0.0826 e. The van der Waals surface area contributed by atoms with Crippen molar-refractivity contribution in [2.45, 2.75) is 44.6 Å². The molecule has 0 aromatic carbocycles. The van der Waals surface area contributed by atoms with Gasteiger partial charge in [0.25, 0.3) is 0 Å². The predicted molar refractivity (Wildman–Crippen MR) is 76.0 cm³/mol. The Morgan fingerprint density at radius 1 is 1.39 bits per heavy atom. The Labute approximate surface area is 113 Å². The van der Waals surface area contributed by atoms with E-state index in [1.54, 1.807) is 0 Å². The summed E-state index contributed by atoms with van der Waals surface area (Å²) in [5.41, 5.74) is 2.16. The fraction of sp³-hybridized carbons (Fsp3) is 0.667. The van der Waals surface area contributed by atoms with Crippen molar-refractivity contribution in [3.8, 4) is 0 Å². The van der Waals surface area contributed by atoms with Gasteiger partial charge in [0.15, 0.2) is 0 Å². The molecular formula is C15H21NOS. The fourth-order valence-electron chi connectivity index (χ4n) is 3.59. The first kappa shape index (κ1) is 12.5. The lowest BCUT2D eigenvalue weighted by molar-refractivity contribution is -0.00633. The van der Waals surface area contributed by atoms with Gasteiger partial charge in [0.1, 0.15) is 0 Å². The highest BCUT2D eigenvalue weighted by Gasteiger charge is 2.47. The lowest BCUT2D eigenvalue weighted by Crippen LogP contribution is -2.46. The normalized spacial score (nSPS) is 34.3. The van der Waals surface area contributed by atoms with Crippen molar-refractivity contribution in [1.82, 2.24) is 4.98 Å². The van der Waals surface area contributed by atoms with Gasteiger partial charge in [-0.05, 0) is 42.1 Å². The number of hydrogen-bond acceptors (Lipinski definition) is 3. The SMILES string of the molecule is CC1(C)CSCC(O)(C2CCc3cccnc32)C1. The lowest BCUT2D eigenvalue weighted by atomic mass is 9.74. The molecule has 1 N–H and O–H groups in total. The highest BCUT2D eigenvalue weighted by Crippen LogP contribution is 2.49. The molecule has 0 spiro atoms. The van der Waals surface area contributed by atoms with Crippen LogP contribution in [0, 0.1) is 5.41 Å². The van der Waals surface area contributed by atoms with Gasteiger partial charge in [-0.1, -0.05) is 19.9 Å². The predicted octanol–water partition coefficient (Wildman–Crippen LogP) is 3.01. The van der Waals surface area contributed by atoms with Gasteiger partial charge < -0.3 is 5.11 Å². The molecule has 2 heterocycles. The van der Waals surface area contributed by atoms with E-state index in [1.807, 2.05) is 24.0 Å². The summed E-state index contributed by atoms with van der Waals surface area (Å²) in [5.74, 6) is 2.24. The number of aromatic nitrogens is 1. The first-order chi connectivity index (χ1) is 8.50. The summed E-state index contributed by atoms with van der Waals surface area (Å²) in [7, 11) is 0. The van der Waals surface area contributed by atoms with Gasteiger partial charge in [0.05, 0.1) is 5.60 Å². The molecule has 2 atom stereocenters. The average Bonchev–Trinajstić information content (AvgIpc) is 2.71. The minimum atomic E-state index is -0.563. The topological polar surface area (TPSA) is 33.1 Å². The molecule has 1 aliphatic carbocycles. The minimum Gasteiger partial charge on any atom is -0.388 e. The molecule has 0 radical (unpaired) electrons. The molecule has 1 aromatic rings. The number of pyridine rings is 1. The van der Waals surface area contributed by atoms with Gasteiger partial charge >= 0.3 is 0 Å². The van der Waals surface area contributed by atoms with Gasteiger partial charge in [-0.3, -0.25) is 4.98 Å². The Balaban J connectivity index is 1.92. The Morgan fingerprint density at radius 3 is 3.00 bits per heavy atom. The number of nitrogens with zero attached hydrogens (tertiary/aromatic N) is 1. The largest absolute Gasteiger partial charge is 0.388 e. The zero-order valence-electron chi connectivity index (χ0n) is 11.1. The van der Waals surface area contributed by atoms with Crippen molar-refractivity contribution in [3.63, 3.8) is 0 Å². The number of aryl methyl sites for hydroxylation is 1. The van der Waals surface area contributed by atoms with Crippen molar-refractivity contribution in [3.05, 3.63) is 29.6 Å². The molecule has 3 rings (SSSR count). The molecule has 0 amide bonds. The van der Waals surface area contributed by atoms with Crippen LogP contribution in [0.25, 0.3) is 0 Å². The molecule has 0 saturated carbocycles. The summed E-state index contributed by atoms with van der Waals surface area (Å²) in [6.07, 6.45) is 4.88. The molecule has 98 valence electrons. The molecule has 1 saturated heterocycles. The third-order valence-electron chi connectivity index (χ3n) is 4.24. The van der Waals surface area contributed by atoms with Crippen molar-refractivity contribution < 1.29 is 5.11 Å². The second-order valence-corrected chi connectivity index (χ2v) is 7.56. The summed E-state index contributed by atoms with van der Waals surface area (Å²) in [5, 5.41) is 11.1. The van der Waals surface area contributed by atoms with Crippen molar-refractivity contribution in [2.24, 2.45) is 5.41 Å². The molecule has 2 aliphatic rings. The molecule has 2 nitrogen and oxygen atoms in total. The maximum absolute atomic E-state index is 11.1.